The number of aryl methyl sites for hydroxylation is 1. The molecule has 19 heavy (non-hydrogen) atoms. The molecule has 0 spiro atoms. The number of halogens is 1. The van der Waals surface area contributed by atoms with Gasteiger partial charge in [-0.1, -0.05) is 19.9 Å². The third-order valence-electron chi connectivity index (χ3n) is 3.07. The predicted octanol–water partition coefficient (Wildman–Crippen LogP) is 3.21. The highest BCUT2D eigenvalue weighted by Crippen LogP contribution is 2.23. The molecule has 4 heteroatoms. The van der Waals surface area contributed by atoms with Crippen LogP contribution in [0, 0.1) is 5.82 Å². The van der Waals surface area contributed by atoms with Crippen LogP contribution in [0.5, 0.6) is 0 Å². The van der Waals surface area contributed by atoms with Crippen molar-refractivity contribution < 1.29 is 4.39 Å². The van der Waals surface area contributed by atoms with E-state index in [2.05, 4.69) is 31.1 Å². The predicted molar refractivity (Wildman–Crippen MR) is 75.3 cm³/mol. The average Bonchev–Trinajstić information content (AvgIpc) is 2.85. The molecule has 0 aliphatic heterocycles. The van der Waals surface area contributed by atoms with Gasteiger partial charge in [0.15, 0.2) is 0 Å². The van der Waals surface area contributed by atoms with Crippen LogP contribution in [0.25, 0.3) is 11.4 Å². The second kappa shape index (κ2) is 5.97. The smallest absolute Gasteiger partial charge is 0.140 e. The van der Waals surface area contributed by atoms with Crippen molar-refractivity contribution >= 4 is 0 Å². The minimum atomic E-state index is -0.228. The first-order valence-electron chi connectivity index (χ1n) is 6.65. The summed E-state index contributed by atoms with van der Waals surface area (Å²) >= 11 is 0. The Morgan fingerprint density at radius 3 is 2.84 bits per heavy atom. The summed E-state index contributed by atoms with van der Waals surface area (Å²) in [5.74, 6) is 0.594. The van der Waals surface area contributed by atoms with Crippen molar-refractivity contribution in [2.45, 2.75) is 39.9 Å². The van der Waals surface area contributed by atoms with E-state index in [0.29, 0.717) is 12.6 Å². The van der Waals surface area contributed by atoms with Crippen LogP contribution in [-0.4, -0.2) is 15.6 Å². The number of hydrogen-bond acceptors (Lipinski definition) is 2. The van der Waals surface area contributed by atoms with Gasteiger partial charge in [-0.15, -0.1) is 0 Å². The maximum absolute atomic E-state index is 13.5. The molecule has 1 aromatic carbocycles. The number of hydrogen-bond donors (Lipinski definition) is 1. The standard InChI is InChI=1S/C15H20FN3/c1-4-19-8-7-17-15(19)14-9-13(16)6-5-12(14)10-18-11(2)3/h5-9,11,18H,4,10H2,1-3H3. The van der Waals surface area contributed by atoms with Crippen molar-refractivity contribution in [3.63, 3.8) is 0 Å². The molecule has 0 bridgehead atoms. The van der Waals surface area contributed by atoms with Crippen LogP contribution < -0.4 is 5.32 Å². The van der Waals surface area contributed by atoms with Crippen LogP contribution in [0.15, 0.2) is 30.6 Å². The molecule has 3 nitrogen and oxygen atoms in total. The molecule has 0 saturated heterocycles. The van der Waals surface area contributed by atoms with E-state index in [-0.39, 0.29) is 5.82 Å². The van der Waals surface area contributed by atoms with Crippen LogP contribution in [0.3, 0.4) is 0 Å². The Balaban J connectivity index is 2.40. The van der Waals surface area contributed by atoms with E-state index < -0.39 is 0 Å². The lowest BCUT2D eigenvalue weighted by Gasteiger charge is -2.13. The molecule has 1 N–H and O–H groups in total. The molecule has 0 aliphatic carbocycles. The molecule has 1 heterocycles. The van der Waals surface area contributed by atoms with E-state index in [1.54, 1.807) is 12.3 Å². The van der Waals surface area contributed by atoms with Gasteiger partial charge in [0.1, 0.15) is 11.6 Å². The van der Waals surface area contributed by atoms with E-state index >= 15 is 0 Å². The van der Waals surface area contributed by atoms with Crippen LogP contribution >= 0.6 is 0 Å². The first kappa shape index (κ1) is 13.7. The second-order valence-corrected chi connectivity index (χ2v) is 4.87. The number of aromatic nitrogens is 2. The highest BCUT2D eigenvalue weighted by atomic mass is 19.1. The summed E-state index contributed by atoms with van der Waals surface area (Å²) in [6.45, 7) is 7.77. The number of nitrogens with zero attached hydrogens (tertiary/aromatic N) is 2. The van der Waals surface area contributed by atoms with Crippen molar-refractivity contribution in [1.82, 2.24) is 14.9 Å². The zero-order chi connectivity index (χ0) is 13.8. The highest BCUT2D eigenvalue weighted by molar-refractivity contribution is 5.61. The maximum Gasteiger partial charge on any atom is 0.140 e. The van der Waals surface area contributed by atoms with Gasteiger partial charge in [-0.05, 0) is 24.6 Å². The van der Waals surface area contributed by atoms with Crippen LogP contribution in [-0.2, 0) is 13.1 Å². The lowest BCUT2D eigenvalue weighted by molar-refractivity contribution is 0.586. The monoisotopic (exact) mass is 261 g/mol. The highest BCUT2D eigenvalue weighted by Gasteiger charge is 2.11. The van der Waals surface area contributed by atoms with Crippen LogP contribution in [0.4, 0.5) is 4.39 Å². The van der Waals surface area contributed by atoms with Gasteiger partial charge in [0.05, 0.1) is 0 Å². The van der Waals surface area contributed by atoms with E-state index in [9.17, 15) is 4.39 Å². The third kappa shape index (κ3) is 3.20. The molecule has 0 amide bonds. The molecule has 102 valence electrons. The van der Waals surface area contributed by atoms with E-state index in [0.717, 1.165) is 23.5 Å². The van der Waals surface area contributed by atoms with Gasteiger partial charge in [0.2, 0.25) is 0 Å². The molecular formula is C15H20FN3. The van der Waals surface area contributed by atoms with E-state index in [4.69, 9.17) is 0 Å². The van der Waals surface area contributed by atoms with Gasteiger partial charge in [0.25, 0.3) is 0 Å². The summed E-state index contributed by atoms with van der Waals surface area (Å²) in [4.78, 5) is 4.35. The van der Waals surface area contributed by atoms with E-state index in [1.165, 1.54) is 6.07 Å². The molecule has 2 rings (SSSR count). The Bertz CT molecular complexity index is 546. The summed E-state index contributed by atoms with van der Waals surface area (Å²) in [5.41, 5.74) is 1.93. The fraction of sp³-hybridized carbons (Fsp3) is 0.400. The first-order chi connectivity index (χ1) is 9.11. The van der Waals surface area contributed by atoms with E-state index in [1.807, 2.05) is 16.8 Å². The number of rotatable bonds is 5. The molecule has 0 fully saturated rings. The van der Waals surface area contributed by atoms with Crippen LogP contribution in [0.2, 0.25) is 0 Å². The lowest BCUT2D eigenvalue weighted by Crippen LogP contribution is -2.22. The van der Waals surface area contributed by atoms with Crippen molar-refractivity contribution in [3.05, 3.63) is 42.0 Å². The first-order valence-corrected chi connectivity index (χ1v) is 6.65. The van der Waals surface area contributed by atoms with Crippen molar-refractivity contribution in [2.75, 3.05) is 0 Å². The van der Waals surface area contributed by atoms with Gasteiger partial charge >= 0.3 is 0 Å². The van der Waals surface area contributed by atoms with Gasteiger partial charge in [-0.25, -0.2) is 9.37 Å². The molecule has 0 unspecified atom stereocenters. The molecule has 2 aromatic rings. The third-order valence-corrected chi connectivity index (χ3v) is 3.07. The molecule has 1 aromatic heterocycles. The quantitative estimate of drug-likeness (QED) is 0.895. The SMILES string of the molecule is CCn1ccnc1-c1cc(F)ccc1CNC(C)C. The van der Waals surface area contributed by atoms with Crippen molar-refractivity contribution in [3.8, 4) is 11.4 Å². The molecule has 0 radical (unpaired) electrons. The zero-order valence-corrected chi connectivity index (χ0v) is 11.7. The molecule has 0 atom stereocenters. The van der Waals surface area contributed by atoms with Crippen molar-refractivity contribution in [2.24, 2.45) is 0 Å². The Kier molecular flexibility index (Phi) is 4.32. The Morgan fingerprint density at radius 2 is 2.16 bits per heavy atom. The average molecular weight is 261 g/mol. The number of nitrogens with one attached hydrogen (secondary N) is 1. The summed E-state index contributed by atoms with van der Waals surface area (Å²) in [6.07, 6.45) is 3.67. The van der Waals surface area contributed by atoms with Gasteiger partial charge in [-0.2, -0.15) is 0 Å². The van der Waals surface area contributed by atoms with Gasteiger partial charge in [0, 0.05) is 37.1 Å². The van der Waals surface area contributed by atoms with Crippen LogP contribution in [0.1, 0.15) is 26.3 Å². The normalized spacial score (nSPS) is 11.2. The summed E-state index contributed by atoms with van der Waals surface area (Å²) in [5, 5.41) is 3.36. The summed E-state index contributed by atoms with van der Waals surface area (Å²) in [7, 11) is 0. The minimum Gasteiger partial charge on any atom is -0.331 e. The van der Waals surface area contributed by atoms with Gasteiger partial charge < -0.3 is 9.88 Å². The minimum absolute atomic E-state index is 0.228. The molecule has 0 saturated carbocycles. The largest absolute Gasteiger partial charge is 0.331 e. The Hall–Kier alpha value is -1.68. The molecular weight excluding hydrogens is 241 g/mol. The number of benzene rings is 1. The maximum atomic E-state index is 13.5. The fourth-order valence-corrected chi connectivity index (χ4v) is 2.03. The summed E-state index contributed by atoms with van der Waals surface area (Å²) < 4.78 is 15.5. The fourth-order valence-electron chi connectivity index (χ4n) is 2.03. The summed E-state index contributed by atoms with van der Waals surface area (Å²) in [6, 6.07) is 5.28. The Labute approximate surface area is 113 Å². The zero-order valence-electron chi connectivity index (χ0n) is 11.7. The topological polar surface area (TPSA) is 29.9 Å². The van der Waals surface area contributed by atoms with Gasteiger partial charge in [-0.3, -0.25) is 0 Å². The van der Waals surface area contributed by atoms with Crippen molar-refractivity contribution in [1.29, 1.82) is 0 Å². The number of imidazole rings is 1. The lowest BCUT2D eigenvalue weighted by atomic mass is 10.1. The molecule has 0 aliphatic rings. The Morgan fingerprint density at radius 1 is 1.37 bits per heavy atom. The second-order valence-electron chi connectivity index (χ2n) is 4.87.